The summed E-state index contributed by atoms with van der Waals surface area (Å²) in [6, 6.07) is 10.7. The fourth-order valence-electron chi connectivity index (χ4n) is 3.54. The van der Waals surface area contributed by atoms with E-state index in [1.807, 2.05) is 23.6 Å². The minimum absolute atomic E-state index is 0.254. The average molecular weight is 409 g/mol. The minimum atomic E-state index is -0.951. The maximum absolute atomic E-state index is 12.8. The lowest BCUT2D eigenvalue weighted by molar-refractivity contribution is 0.0785. The normalized spacial score (nSPS) is 15.3. The van der Waals surface area contributed by atoms with E-state index in [1.165, 1.54) is 0 Å². The number of rotatable bonds is 4. The van der Waals surface area contributed by atoms with Crippen molar-refractivity contribution in [2.24, 2.45) is 0 Å². The minimum Gasteiger partial charge on any atom is -0.386 e. The first-order valence-electron chi connectivity index (χ1n) is 10.2. The van der Waals surface area contributed by atoms with E-state index >= 15 is 0 Å². The zero-order valence-electron chi connectivity index (χ0n) is 17.6. The summed E-state index contributed by atoms with van der Waals surface area (Å²) in [7, 11) is 0. The highest BCUT2D eigenvalue weighted by Crippen LogP contribution is 2.23. The number of aromatic nitrogens is 3. The summed E-state index contributed by atoms with van der Waals surface area (Å²) in [6.45, 7) is 8.26. The molecule has 1 fully saturated rings. The van der Waals surface area contributed by atoms with E-state index in [2.05, 4.69) is 15.3 Å². The van der Waals surface area contributed by atoms with Gasteiger partial charge in [-0.05, 0) is 51.0 Å². The van der Waals surface area contributed by atoms with Crippen molar-refractivity contribution in [3.8, 4) is 0 Å². The van der Waals surface area contributed by atoms with Gasteiger partial charge >= 0.3 is 0 Å². The number of carbonyl (C=O) groups is 1. The first kappa shape index (κ1) is 20.3. The van der Waals surface area contributed by atoms with Crippen molar-refractivity contribution in [3.63, 3.8) is 0 Å². The summed E-state index contributed by atoms with van der Waals surface area (Å²) in [4.78, 5) is 19.6. The molecule has 1 amide bonds. The second kappa shape index (κ2) is 8.04. The van der Waals surface area contributed by atoms with Gasteiger partial charge in [0.25, 0.3) is 5.91 Å². The Morgan fingerprint density at radius 2 is 1.93 bits per heavy atom. The molecule has 0 unspecified atom stereocenters. The topological polar surface area (TPSA) is 92.0 Å². The molecule has 8 nitrogen and oxygen atoms in total. The summed E-state index contributed by atoms with van der Waals surface area (Å²) in [5.41, 5.74) is 2.05. The molecule has 1 saturated heterocycles. The van der Waals surface area contributed by atoms with Crippen molar-refractivity contribution in [1.29, 1.82) is 0 Å². The number of aryl methyl sites for hydroxylation is 1. The number of hydrogen-bond donors (Lipinski definition) is 2. The van der Waals surface area contributed by atoms with Crippen molar-refractivity contribution in [2.75, 3.05) is 36.5 Å². The maximum atomic E-state index is 12.8. The van der Waals surface area contributed by atoms with Crippen molar-refractivity contribution < 1.29 is 14.6 Å². The van der Waals surface area contributed by atoms with Crippen LogP contribution in [0.2, 0.25) is 0 Å². The van der Waals surface area contributed by atoms with Crippen LogP contribution in [0.4, 0.5) is 11.8 Å². The summed E-state index contributed by atoms with van der Waals surface area (Å²) < 4.78 is 7.38. The molecule has 1 aliphatic rings. The Bertz CT molecular complexity index is 1050. The first-order chi connectivity index (χ1) is 14.3. The zero-order chi connectivity index (χ0) is 21.3. The van der Waals surface area contributed by atoms with E-state index < -0.39 is 5.60 Å². The maximum Gasteiger partial charge on any atom is 0.256 e. The van der Waals surface area contributed by atoms with Crippen LogP contribution in [-0.2, 0) is 10.3 Å². The number of hydrogen-bond acceptors (Lipinski definition) is 6. The molecule has 4 rings (SSSR count). The molecule has 158 valence electrons. The van der Waals surface area contributed by atoms with Gasteiger partial charge in [-0.15, -0.1) is 0 Å². The summed E-state index contributed by atoms with van der Waals surface area (Å²) >= 11 is 0. The highest BCUT2D eigenvalue weighted by Gasteiger charge is 2.19. The van der Waals surface area contributed by atoms with Crippen LogP contribution >= 0.6 is 0 Å². The van der Waals surface area contributed by atoms with Gasteiger partial charge in [0.2, 0.25) is 5.95 Å². The van der Waals surface area contributed by atoms with E-state index in [9.17, 15) is 9.90 Å². The van der Waals surface area contributed by atoms with Gasteiger partial charge in [0.15, 0.2) is 0 Å². The number of amides is 1. The van der Waals surface area contributed by atoms with Crippen LogP contribution < -0.4 is 10.2 Å². The smallest absolute Gasteiger partial charge is 0.256 e. The summed E-state index contributed by atoms with van der Waals surface area (Å²) in [5.74, 6) is 0.911. The summed E-state index contributed by atoms with van der Waals surface area (Å²) in [5, 5.41) is 17.6. The SMILES string of the molecule is Cc1cc2cc(NC(=O)c3ccc(C(C)(C)O)cc3)nc(N3CCCOCC3)n2n1. The van der Waals surface area contributed by atoms with Crippen LogP contribution in [0.15, 0.2) is 36.4 Å². The molecule has 0 spiro atoms. The van der Waals surface area contributed by atoms with Crippen LogP contribution in [-0.4, -0.2) is 51.9 Å². The highest BCUT2D eigenvalue weighted by molar-refractivity contribution is 6.04. The van der Waals surface area contributed by atoms with Gasteiger partial charge in [-0.3, -0.25) is 4.79 Å². The lowest BCUT2D eigenvalue weighted by atomic mass is 9.97. The number of carbonyl (C=O) groups excluding carboxylic acids is 1. The predicted molar refractivity (Wildman–Crippen MR) is 115 cm³/mol. The van der Waals surface area contributed by atoms with Crippen LogP contribution in [0.1, 0.15) is 41.9 Å². The molecule has 1 aromatic carbocycles. The number of aliphatic hydroxyl groups is 1. The van der Waals surface area contributed by atoms with Gasteiger partial charge in [0, 0.05) is 31.3 Å². The van der Waals surface area contributed by atoms with Crippen molar-refractivity contribution >= 4 is 23.2 Å². The Balaban J connectivity index is 1.63. The molecule has 0 saturated carbocycles. The molecule has 1 aliphatic heterocycles. The molecule has 2 N–H and O–H groups in total. The number of ether oxygens (including phenoxy) is 1. The lowest BCUT2D eigenvalue weighted by Crippen LogP contribution is -2.29. The van der Waals surface area contributed by atoms with E-state index in [1.54, 1.807) is 38.1 Å². The molecule has 3 heterocycles. The Morgan fingerprint density at radius 3 is 2.67 bits per heavy atom. The number of fused-ring (bicyclic) bond motifs is 1. The van der Waals surface area contributed by atoms with Crippen molar-refractivity contribution in [3.05, 3.63) is 53.2 Å². The second-order valence-corrected chi connectivity index (χ2v) is 8.11. The third kappa shape index (κ3) is 4.29. The first-order valence-corrected chi connectivity index (χ1v) is 10.2. The Kier molecular flexibility index (Phi) is 5.44. The van der Waals surface area contributed by atoms with Crippen LogP contribution in [0.3, 0.4) is 0 Å². The van der Waals surface area contributed by atoms with Gasteiger partial charge in [0.05, 0.1) is 23.4 Å². The standard InChI is InChI=1S/C22H27N5O3/c1-15-13-18-14-19(23-20(28)16-5-7-17(8-6-16)22(2,3)29)24-21(27(18)25-15)26-9-4-11-30-12-10-26/h5-8,13-14,29H,4,9-12H2,1-3H3,(H,23,28). The molecule has 30 heavy (non-hydrogen) atoms. The molecular formula is C22H27N5O3. The molecule has 0 bridgehead atoms. The fraction of sp³-hybridized carbons (Fsp3) is 0.409. The number of nitrogens with zero attached hydrogens (tertiary/aromatic N) is 4. The van der Waals surface area contributed by atoms with Gasteiger partial charge < -0.3 is 20.1 Å². The molecular weight excluding hydrogens is 382 g/mol. The monoisotopic (exact) mass is 409 g/mol. The lowest BCUT2D eigenvalue weighted by Gasteiger charge is -2.22. The predicted octanol–water partition coefficient (Wildman–Crippen LogP) is 2.74. The number of anilines is 2. The van der Waals surface area contributed by atoms with E-state index in [0.717, 1.165) is 42.9 Å². The van der Waals surface area contributed by atoms with Crippen LogP contribution in [0.25, 0.3) is 5.52 Å². The number of benzene rings is 1. The van der Waals surface area contributed by atoms with Gasteiger partial charge in [-0.2, -0.15) is 10.1 Å². The van der Waals surface area contributed by atoms with Crippen LogP contribution in [0.5, 0.6) is 0 Å². The molecule has 3 aromatic rings. The molecule has 8 heteroatoms. The Labute approximate surface area is 175 Å². The fourth-order valence-corrected chi connectivity index (χ4v) is 3.54. The van der Waals surface area contributed by atoms with Crippen LogP contribution in [0, 0.1) is 6.92 Å². The third-order valence-electron chi connectivity index (χ3n) is 5.15. The quantitative estimate of drug-likeness (QED) is 0.688. The number of nitrogens with one attached hydrogen (secondary N) is 1. The molecule has 0 radical (unpaired) electrons. The molecule has 2 aromatic heterocycles. The van der Waals surface area contributed by atoms with E-state index in [0.29, 0.717) is 23.9 Å². The largest absolute Gasteiger partial charge is 0.386 e. The third-order valence-corrected chi connectivity index (χ3v) is 5.15. The average Bonchev–Trinajstić information content (AvgIpc) is 2.90. The van der Waals surface area contributed by atoms with Crippen molar-refractivity contribution in [1.82, 2.24) is 14.6 Å². The Hall–Kier alpha value is -2.97. The zero-order valence-corrected chi connectivity index (χ0v) is 17.6. The van der Waals surface area contributed by atoms with Gasteiger partial charge in [-0.1, -0.05) is 12.1 Å². The second-order valence-electron chi connectivity index (χ2n) is 8.11. The highest BCUT2D eigenvalue weighted by atomic mass is 16.5. The van der Waals surface area contributed by atoms with Gasteiger partial charge in [-0.25, -0.2) is 4.52 Å². The van der Waals surface area contributed by atoms with Crippen molar-refractivity contribution in [2.45, 2.75) is 32.8 Å². The van der Waals surface area contributed by atoms with E-state index in [4.69, 9.17) is 9.72 Å². The van der Waals surface area contributed by atoms with Gasteiger partial charge in [0.1, 0.15) is 5.82 Å². The molecule has 0 aliphatic carbocycles. The molecule has 0 atom stereocenters. The van der Waals surface area contributed by atoms with E-state index in [-0.39, 0.29) is 5.91 Å². The Morgan fingerprint density at radius 1 is 1.17 bits per heavy atom. The summed E-state index contributed by atoms with van der Waals surface area (Å²) in [6.07, 6.45) is 0.910.